The average molecular weight is 383 g/mol. The highest BCUT2D eigenvalue weighted by molar-refractivity contribution is 5.88. The van der Waals surface area contributed by atoms with Gasteiger partial charge in [-0.15, -0.1) is 0 Å². The molecule has 1 aromatic heterocycles. The molecule has 0 unspecified atom stereocenters. The number of anilines is 3. The van der Waals surface area contributed by atoms with Gasteiger partial charge < -0.3 is 20.3 Å². The minimum absolute atomic E-state index is 0.135. The number of carbonyl (C=O) groups excluding carboxylic acids is 1. The van der Waals surface area contributed by atoms with Crippen LogP contribution in [0.2, 0.25) is 0 Å². The van der Waals surface area contributed by atoms with E-state index in [0.717, 1.165) is 6.07 Å². The zero-order valence-corrected chi connectivity index (χ0v) is 15.1. The summed E-state index contributed by atoms with van der Waals surface area (Å²) in [4.78, 5) is 20.1. The second kappa shape index (κ2) is 8.56. The van der Waals surface area contributed by atoms with Crippen LogP contribution in [0.5, 0.6) is 5.75 Å². The molecule has 0 aliphatic heterocycles. The molecule has 146 valence electrons. The van der Waals surface area contributed by atoms with Gasteiger partial charge in [0, 0.05) is 38.8 Å². The molecule has 0 radical (unpaired) electrons. The van der Waals surface area contributed by atoms with Crippen molar-refractivity contribution in [3.8, 4) is 5.75 Å². The zero-order chi connectivity index (χ0) is 20.0. The molecular weight excluding hydrogens is 363 g/mol. The van der Waals surface area contributed by atoms with Crippen LogP contribution in [0.4, 0.5) is 30.6 Å². The first kappa shape index (κ1) is 20.3. The molecule has 1 aromatic carbocycles. The molecule has 0 bridgehead atoms. The maximum atomic E-state index is 13.0. The lowest BCUT2D eigenvalue weighted by atomic mass is 10.3. The Balaban J connectivity index is 1.97. The number of carbonyl (C=O) groups is 1. The molecule has 0 aliphatic carbocycles. The maximum absolute atomic E-state index is 13.0. The molecule has 2 N–H and O–H groups in total. The van der Waals surface area contributed by atoms with E-state index in [2.05, 4.69) is 20.6 Å². The normalized spacial score (nSPS) is 11.0. The Hall–Kier alpha value is -3.04. The quantitative estimate of drug-likeness (QED) is 0.716. The summed E-state index contributed by atoms with van der Waals surface area (Å²) in [6.45, 7) is 1.76. The van der Waals surface area contributed by atoms with Gasteiger partial charge in [0.1, 0.15) is 18.2 Å². The molecule has 2 rings (SSSR count). The average Bonchev–Trinajstić information content (AvgIpc) is 2.57. The molecule has 0 fully saturated rings. The minimum atomic E-state index is -4.56. The van der Waals surface area contributed by atoms with Crippen molar-refractivity contribution < 1.29 is 22.7 Å². The van der Waals surface area contributed by atoms with Gasteiger partial charge >= 0.3 is 6.18 Å². The molecule has 0 atom stereocenters. The molecule has 10 heteroatoms. The van der Waals surface area contributed by atoms with Crippen LogP contribution in [0.25, 0.3) is 0 Å². The third kappa shape index (κ3) is 6.32. The number of ether oxygens (including phenoxy) is 1. The third-order valence-corrected chi connectivity index (χ3v) is 3.27. The second-order valence-electron chi connectivity index (χ2n) is 5.81. The van der Waals surface area contributed by atoms with Crippen LogP contribution in [0.1, 0.15) is 12.6 Å². The number of hydrogen-bond donors (Lipinski definition) is 2. The van der Waals surface area contributed by atoms with Crippen molar-refractivity contribution in [2.75, 3.05) is 42.8 Å². The second-order valence-corrected chi connectivity index (χ2v) is 5.81. The lowest BCUT2D eigenvalue weighted by Gasteiger charge is -2.16. The van der Waals surface area contributed by atoms with Gasteiger partial charge in [0.05, 0.1) is 6.54 Å². The van der Waals surface area contributed by atoms with Crippen molar-refractivity contribution >= 4 is 23.4 Å². The first-order chi connectivity index (χ1) is 12.6. The Kier molecular flexibility index (Phi) is 6.43. The van der Waals surface area contributed by atoms with Gasteiger partial charge in [0.15, 0.2) is 5.69 Å². The lowest BCUT2D eigenvalue weighted by molar-refractivity contribution is -0.141. The zero-order valence-electron chi connectivity index (χ0n) is 15.1. The monoisotopic (exact) mass is 383 g/mol. The molecule has 1 amide bonds. The van der Waals surface area contributed by atoms with Crippen LogP contribution < -0.4 is 20.3 Å². The van der Waals surface area contributed by atoms with E-state index in [4.69, 9.17) is 4.74 Å². The van der Waals surface area contributed by atoms with Crippen LogP contribution in [0.3, 0.4) is 0 Å². The molecule has 0 spiro atoms. The summed E-state index contributed by atoms with van der Waals surface area (Å²) in [6.07, 6.45) is -4.56. The Morgan fingerprint density at radius 1 is 1.22 bits per heavy atom. The fourth-order valence-corrected chi connectivity index (χ4v) is 2.09. The van der Waals surface area contributed by atoms with E-state index in [-0.39, 0.29) is 30.8 Å². The number of alkyl halides is 3. The van der Waals surface area contributed by atoms with E-state index < -0.39 is 11.9 Å². The van der Waals surface area contributed by atoms with Crippen molar-refractivity contribution in [3.63, 3.8) is 0 Å². The Morgan fingerprint density at radius 2 is 1.96 bits per heavy atom. The minimum Gasteiger partial charge on any atom is -0.492 e. The fraction of sp³-hybridized carbons (Fsp3) is 0.353. The van der Waals surface area contributed by atoms with Crippen LogP contribution >= 0.6 is 0 Å². The summed E-state index contributed by atoms with van der Waals surface area (Å²) < 4.78 is 44.4. The topological polar surface area (TPSA) is 79.4 Å². The van der Waals surface area contributed by atoms with Crippen LogP contribution in [-0.2, 0) is 11.0 Å². The van der Waals surface area contributed by atoms with E-state index in [1.54, 1.807) is 38.4 Å². The summed E-state index contributed by atoms with van der Waals surface area (Å²) in [5.41, 5.74) is -0.433. The number of amides is 1. The van der Waals surface area contributed by atoms with Gasteiger partial charge in [0.2, 0.25) is 11.9 Å². The first-order valence-electron chi connectivity index (χ1n) is 8.03. The Morgan fingerprint density at radius 3 is 2.59 bits per heavy atom. The predicted octanol–water partition coefficient (Wildman–Crippen LogP) is 3.01. The number of rotatable bonds is 7. The Labute approximate surface area is 154 Å². The number of aromatic nitrogens is 2. The van der Waals surface area contributed by atoms with E-state index in [0.29, 0.717) is 11.4 Å². The van der Waals surface area contributed by atoms with Gasteiger partial charge in [-0.05, 0) is 12.1 Å². The van der Waals surface area contributed by atoms with Crippen molar-refractivity contribution in [1.29, 1.82) is 0 Å². The highest BCUT2D eigenvalue weighted by atomic mass is 19.4. The van der Waals surface area contributed by atoms with Crippen molar-refractivity contribution in [1.82, 2.24) is 9.97 Å². The smallest absolute Gasteiger partial charge is 0.433 e. The van der Waals surface area contributed by atoms with Crippen LogP contribution in [-0.4, -0.2) is 43.1 Å². The third-order valence-electron chi connectivity index (χ3n) is 3.27. The summed E-state index contributed by atoms with van der Waals surface area (Å²) in [5.74, 6) is 0.321. The highest BCUT2D eigenvalue weighted by Gasteiger charge is 2.33. The van der Waals surface area contributed by atoms with Crippen LogP contribution in [0.15, 0.2) is 30.3 Å². The molecule has 0 saturated carbocycles. The number of halogens is 3. The van der Waals surface area contributed by atoms with Gasteiger partial charge in [-0.2, -0.15) is 18.2 Å². The Bertz CT molecular complexity index is 796. The van der Waals surface area contributed by atoms with Crippen molar-refractivity contribution in [2.24, 2.45) is 0 Å². The number of nitrogens with zero attached hydrogens (tertiary/aromatic N) is 3. The molecule has 27 heavy (non-hydrogen) atoms. The van der Waals surface area contributed by atoms with Gasteiger partial charge in [-0.3, -0.25) is 4.79 Å². The molecule has 1 heterocycles. The van der Waals surface area contributed by atoms with E-state index in [1.165, 1.54) is 11.8 Å². The van der Waals surface area contributed by atoms with Crippen molar-refractivity contribution in [3.05, 3.63) is 36.0 Å². The molecule has 0 aliphatic rings. The molecule has 2 aromatic rings. The van der Waals surface area contributed by atoms with E-state index in [9.17, 15) is 18.0 Å². The fourth-order valence-electron chi connectivity index (χ4n) is 2.09. The summed E-state index contributed by atoms with van der Waals surface area (Å²) in [7, 11) is 3.19. The standard InChI is InChI=1S/C17H20F3N5O2/c1-11(26)22-12-5-4-6-13(9-12)27-8-7-21-16-23-14(17(18,19)20)10-15(24-16)25(2)3/h4-6,9-10H,7-8H2,1-3H3,(H,22,26)(H,21,23,24). The van der Waals surface area contributed by atoms with Crippen molar-refractivity contribution in [2.45, 2.75) is 13.1 Å². The maximum Gasteiger partial charge on any atom is 0.433 e. The van der Waals surface area contributed by atoms with Gasteiger partial charge in [-0.25, -0.2) is 4.98 Å². The summed E-state index contributed by atoms with van der Waals surface area (Å²) in [6, 6.07) is 7.66. The number of benzene rings is 1. The molecule has 7 nitrogen and oxygen atoms in total. The SMILES string of the molecule is CC(=O)Nc1cccc(OCCNc2nc(N(C)C)cc(C(F)(F)F)n2)c1. The number of hydrogen-bond acceptors (Lipinski definition) is 6. The largest absolute Gasteiger partial charge is 0.492 e. The van der Waals surface area contributed by atoms with Gasteiger partial charge in [-0.1, -0.05) is 6.07 Å². The summed E-state index contributed by atoms with van der Waals surface area (Å²) >= 11 is 0. The van der Waals surface area contributed by atoms with Gasteiger partial charge in [0.25, 0.3) is 0 Å². The first-order valence-corrected chi connectivity index (χ1v) is 8.03. The summed E-state index contributed by atoms with van der Waals surface area (Å²) in [5, 5.41) is 5.36. The predicted molar refractivity (Wildman–Crippen MR) is 96.1 cm³/mol. The molecule has 0 saturated heterocycles. The van der Waals surface area contributed by atoms with Crippen LogP contribution in [0, 0.1) is 0 Å². The van der Waals surface area contributed by atoms with E-state index >= 15 is 0 Å². The molecular formula is C17H20F3N5O2. The lowest BCUT2D eigenvalue weighted by Crippen LogP contribution is -2.19. The highest BCUT2D eigenvalue weighted by Crippen LogP contribution is 2.30. The van der Waals surface area contributed by atoms with E-state index in [1.807, 2.05) is 0 Å². The number of nitrogens with one attached hydrogen (secondary N) is 2.